The number of nitrogens with two attached hydrogens (primary N) is 3. The van der Waals surface area contributed by atoms with Gasteiger partial charge in [0, 0.05) is 42.9 Å². The Hall–Kier alpha value is -5.39. The quantitative estimate of drug-likeness (QED) is 0.00881. The number of primary amides is 1. The highest BCUT2D eigenvalue weighted by molar-refractivity contribution is 8.00. The van der Waals surface area contributed by atoms with Crippen molar-refractivity contribution < 1.29 is 48.4 Å². The van der Waals surface area contributed by atoms with Gasteiger partial charge in [0.2, 0.25) is 47.3 Å². The smallest absolute Gasteiger partial charge is 0.315 e. The van der Waals surface area contributed by atoms with Crippen LogP contribution in [0.2, 0.25) is 0 Å². The first-order valence-corrected chi connectivity index (χ1v) is 23.0. The zero-order valence-electron chi connectivity index (χ0n) is 37.4. The number of nitrogens with zero attached hydrogens (tertiary/aromatic N) is 1. The lowest BCUT2D eigenvalue weighted by Crippen LogP contribution is -2.55. The van der Waals surface area contributed by atoms with Gasteiger partial charge in [-0.05, 0) is 69.6 Å². The molecule has 0 spiro atoms. The molecule has 24 heteroatoms. The molecular weight excluding hydrogens is 855 g/mol. The van der Waals surface area contributed by atoms with E-state index in [1.807, 2.05) is 39.5 Å². The molecule has 0 saturated carbocycles. The highest BCUT2D eigenvalue weighted by Crippen LogP contribution is 2.33. The number of unbranched alkanes of at least 4 members (excludes halogenated alkanes) is 2. The van der Waals surface area contributed by atoms with Gasteiger partial charge in [-0.1, -0.05) is 34.1 Å². The number of amides is 10. The van der Waals surface area contributed by atoms with E-state index in [4.69, 9.17) is 22.4 Å². The van der Waals surface area contributed by atoms with Gasteiger partial charge in [0.25, 0.3) is 0 Å². The van der Waals surface area contributed by atoms with E-state index in [9.17, 15) is 43.2 Å². The third-order valence-corrected chi connectivity index (χ3v) is 12.0. The van der Waals surface area contributed by atoms with Crippen molar-refractivity contribution in [2.75, 3.05) is 31.9 Å². The highest BCUT2D eigenvalue weighted by atomic mass is 32.2. The van der Waals surface area contributed by atoms with E-state index in [1.165, 1.54) is 5.48 Å². The largest absolute Gasteiger partial charge is 0.370 e. The second kappa shape index (κ2) is 29.1. The summed E-state index contributed by atoms with van der Waals surface area (Å²) >= 11 is 1.83. The van der Waals surface area contributed by atoms with E-state index in [-0.39, 0.29) is 86.9 Å². The molecule has 23 nitrogen and oxygen atoms in total. The van der Waals surface area contributed by atoms with Gasteiger partial charge in [-0.15, -0.1) is 0 Å². The standard InChI is InChI=1S/C40H71N13O10S/c1-22(2)16-24(18-31(55)53-63)36(59)49-26(11-9-15-45-39(42)43)38(61)50-27(17-23(3)4)37(60)47-19-32(56)46-20-33(57)48-25(35(41)58)10-7-8-14-44-30(54)13-6-5-12-29-34-28(21-64-29)51-40(62)52-34/h22-29,34,63H,5-21H2,1-4H3,(H2,41,58)(H,44,54)(H,46,56)(H,47,60)(H,48,57)(H,49,59)(H,50,61)(H,53,55)(H4,42,43,45)(H2,51,52,62)/t24?,25-,26-,27-,28-,29-,34-/m0/s1. The van der Waals surface area contributed by atoms with E-state index in [2.05, 4.69) is 47.5 Å². The van der Waals surface area contributed by atoms with Gasteiger partial charge in [-0.3, -0.25) is 48.6 Å². The molecule has 2 aliphatic heterocycles. The molecule has 2 heterocycles. The van der Waals surface area contributed by atoms with Gasteiger partial charge in [0.05, 0.1) is 25.2 Å². The fraction of sp³-hybridized carbons (Fsp3) is 0.750. The monoisotopic (exact) mass is 926 g/mol. The number of carbonyl (C=O) groups excluding carboxylic acids is 9. The predicted molar refractivity (Wildman–Crippen MR) is 239 cm³/mol. The Labute approximate surface area is 378 Å². The number of hydrogen-bond acceptors (Lipinski definition) is 12. The molecule has 0 bridgehead atoms. The van der Waals surface area contributed by atoms with Gasteiger partial charge < -0.3 is 59.7 Å². The normalized spacial score (nSPS) is 18.2. The second-order valence-corrected chi connectivity index (χ2v) is 18.3. The number of thioether (sulfide) groups is 1. The van der Waals surface area contributed by atoms with E-state index < -0.39 is 78.5 Å². The van der Waals surface area contributed by atoms with Crippen LogP contribution in [0.4, 0.5) is 4.79 Å². The van der Waals surface area contributed by atoms with Crippen molar-refractivity contribution in [1.29, 1.82) is 0 Å². The SMILES string of the molecule is CC(C)CC(CC(=O)NO)C(=O)N[C@@H](CCCN=C(N)N)C(=O)N[C@@H](CC(C)C)C(=O)NCC(=O)NCC(=O)N[C@@H](CCCCNC(=O)CCCC[C@@H]1SC[C@@H]2NC(=O)N[C@@H]21)C(N)=O. The van der Waals surface area contributed by atoms with Gasteiger partial charge in [-0.2, -0.15) is 11.8 Å². The Kier molecular flexibility index (Phi) is 24.9. The average Bonchev–Trinajstić information content (AvgIpc) is 3.78. The summed E-state index contributed by atoms with van der Waals surface area (Å²) in [7, 11) is 0. The summed E-state index contributed by atoms with van der Waals surface area (Å²) in [5.74, 6) is -5.31. The molecule has 2 aliphatic rings. The molecule has 64 heavy (non-hydrogen) atoms. The van der Waals surface area contributed by atoms with Crippen LogP contribution in [0.1, 0.15) is 105 Å². The first kappa shape index (κ1) is 54.7. The van der Waals surface area contributed by atoms with E-state index >= 15 is 0 Å². The fourth-order valence-electron chi connectivity index (χ4n) is 7.29. The molecule has 7 atom stereocenters. The summed E-state index contributed by atoms with van der Waals surface area (Å²) in [6.07, 6.45) is 4.53. The third-order valence-electron chi connectivity index (χ3n) is 10.5. The summed E-state index contributed by atoms with van der Waals surface area (Å²) < 4.78 is 0. The minimum Gasteiger partial charge on any atom is -0.370 e. The maximum atomic E-state index is 13.6. The van der Waals surface area contributed by atoms with Crippen molar-refractivity contribution in [2.45, 2.75) is 140 Å². The van der Waals surface area contributed by atoms with Crippen LogP contribution in [-0.4, -0.2) is 132 Å². The Bertz CT molecular complexity index is 1630. The van der Waals surface area contributed by atoms with Crippen molar-refractivity contribution in [3.05, 3.63) is 0 Å². The zero-order valence-corrected chi connectivity index (χ0v) is 38.2. The van der Waals surface area contributed by atoms with Crippen LogP contribution in [0, 0.1) is 17.8 Å². The molecule has 0 aromatic carbocycles. The Morgan fingerprint density at radius 2 is 1.39 bits per heavy atom. The van der Waals surface area contributed by atoms with Crippen molar-refractivity contribution in [2.24, 2.45) is 39.9 Å². The van der Waals surface area contributed by atoms with Crippen LogP contribution in [0.15, 0.2) is 4.99 Å². The van der Waals surface area contributed by atoms with E-state index in [0.29, 0.717) is 31.1 Å². The lowest BCUT2D eigenvalue weighted by molar-refractivity contribution is -0.137. The molecule has 2 fully saturated rings. The van der Waals surface area contributed by atoms with Crippen LogP contribution in [0.3, 0.4) is 0 Å². The van der Waals surface area contributed by atoms with Crippen LogP contribution < -0.4 is 65.2 Å². The molecule has 1 unspecified atom stereocenters. The van der Waals surface area contributed by atoms with Crippen LogP contribution in [-0.2, 0) is 38.4 Å². The average molecular weight is 926 g/mol. The molecule has 10 amide bonds. The van der Waals surface area contributed by atoms with Crippen LogP contribution in [0.5, 0.6) is 0 Å². The number of carbonyl (C=O) groups is 9. The van der Waals surface area contributed by atoms with Gasteiger partial charge in [0.1, 0.15) is 18.1 Å². The molecule has 0 radical (unpaired) electrons. The van der Waals surface area contributed by atoms with E-state index in [0.717, 1.165) is 25.0 Å². The number of nitrogens with one attached hydrogen (secondary N) is 9. The van der Waals surface area contributed by atoms with E-state index in [1.54, 1.807) is 0 Å². The zero-order chi connectivity index (χ0) is 47.8. The third kappa shape index (κ3) is 21.8. The molecule has 2 saturated heterocycles. The molecule has 2 rings (SSSR count). The van der Waals surface area contributed by atoms with Crippen LogP contribution in [0.25, 0.3) is 0 Å². The number of hydroxylamine groups is 1. The van der Waals surface area contributed by atoms with Crippen molar-refractivity contribution in [1.82, 2.24) is 48.0 Å². The number of fused-ring (bicyclic) bond motifs is 1. The summed E-state index contributed by atoms with van der Waals surface area (Å²) in [4.78, 5) is 117. The number of rotatable bonds is 31. The summed E-state index contributed by atoms with van der Waals surface area (Å²) in [6, 6.07) is -3.14. The molecule has 16 N–H and O–H groups in total. The molecular formula is C40H71N13O10S. The molecule has 362 valence electrons. The highest BCUT2D eigenvalue weighted by Gasteiger charge is 2.42. The number of urea groups is 1. The number of hydrogen-bond donors (Lipinski definition) is 13. The Balaban J connectivity index is 1.80. The fourth-order valence-corrected chi connectivity index (χ4v) is 8.83. The maximum Gasteiger partial charge on any atom is 0.315 e. The topological polar surface area (TPSA) is 373 Å². The summed E-state index contributed by atoms with van der Waals surface area (Å²) in [5, 5.41) is 30.7. The summed E-state index contributed by atoms with van der Waals surface area (Å²) in [5.41, 5.74) is 17.8. The first-order valence-electron chi connectivity index (χ1n) is 22.0. The minimum atomic E-state index is -1.17. The van der Waals surface area contributed by atoms with Crippen molar-refractivity contribution in [3.8, 4) is 0 Å². The molecule has 0 aliphatic carbocycles. The predicted octanol–water partition coefficient (Wildman–Crippen LogP) is -2.17. The first-order chi connectivity index (χ1) is 30.3. The number of guanidine groups is 1. The lowest BCUT2D eigenvalue weighted by Gasteiger charge is -2.26. The van der Waals surface area contributed by atoms with Crippen molar-refractivity contribution in [3.63, 3.8) is 0 Å². The molecule has 0 aromatic heterocycles. The van der Waals surface area contributed by atoms with Gasteiger partial charge in [-0.25, -0.2) is 10.3 Å². The van der Waals surface area contributed by atoms with Crippen molar-refractivity contribution >= 4 is 71.0 Å². The Morgan fingerprint density at radius 3 is 2.05 bits per heavy atom. The van der Waals surface area contributed by atoms with Gasteiger partial charge >= 0.3 is 6.03 Å². The lowest BCUT2D eigenvalue weighted by atomic mass is 9.92. The Morgan fingerprint density at radius 1 is 0.719 bits per heavy atom. The maximum absolute atomic E-state index is 13.6. The molecule has 0 aromatic rings. The van der Waals surface area contributed by atoms with Crippen LogP contribution >= 0.6 is 11.8 Å². The second-order valence-electron chi connectivity index (χ2n) is 17.0. The minimum absolute atomic E-state index is 0.00192. The summed E-state index contributed by atoms with van der Waals surface area (Å²) in [6.45, 7) is 6.78. The van der Waals surface area contributed by atoms with Gasteiger partial charge in [0.15, 0.2) is 5.96 Å². The number of aliphatic imine (C=N–C) groups is 1.